The van der Waals surface area contributed by atoms with Crippen molar-refractivity contribution in [1.82, 2.24) is 10.2 Å². The second-order valence-electron chi connectivity index (χ2n) is 7.85. The second-order valence-corrected chi connectivity index (χ2v) is 8.80. The van der Waals surface area contributed by atoms with Gasteiger partial charge in [0.2, 0.25) is 0 Å². The number of nitrogens with zero attached hydrogens (tertiary/aromatic N) is 1. The zero-order valence-corrected chi connectivity index (χ0v) is 17.9. The molecule has 3 aromatic rings. The fourth-order valence-corrected chi connectivity index (χ4v) is 4.26. The number of benzene rings is 2. The molecule has 0 bridgehead atoms. The molecule has 1 heterocycles. The number of carbonyl (C=O) groups excluding carboxylic acids is 2. The minimum Gasteiger partial charge on any atom is -0.347 e. The quantitative estimate of drug-likeness (QED) is 0.552. The van der Waals surface area contributed by atoms with E-state index in [-0.39, 0.29) is 17.9 Å². The van der Waals surface area contributed by atoms with Crippen LogP contribution in [0.5, 0.6) is 0 Å². The van der Waals surface area contributed by atoms with E-state index >= 15 is 0 Å². The van der Waals surface area contributed by atoms with E-state index in [9.17, 15) is 9.59 Å². The van der Waals surface area contributed by atoms with Crippen molar-refractivity contribution in [3.05, 3.63) is 93.7 Å². The largest absolute Gasteiger partial charge is 0.347 e. The highest BCUT2D eigenvalue weighted by Crippen LogP contribution is 2.36. The summed E-state index contributed by atoms with van der Waals surface area (Å²) in [4.78, 5) is 28.1. The third-order valence-corrected chi connectivity index (χ3v) is 6.52. The summed E-state index contributed by atoms with van der Waals surface area (Å²) in [6.07, 6.45) is 2.39. The van der Waals surface area contributed by atoms with Gasteiger partial charge in [0, 0.05) is 24.7 Å². The number of rotatable bonds is 8. The van der Waals surface area contributed by atoms with Crippen molar-refractivity contribution in [3.63, 3.8) is 0 Å². The Morgan fingerprint density at radius 1 is 1.00 bits per heavy atom. The summed E-state index contributed by atoms with van der Waals surface area (Å²) in [6, 6.07) is 21.6. The van der Waals surface area contributed by atoms with E-state index in [1.807, 2.05) is 64.9 Å². The summed E-state index contributed by atoms with van der Waals surface area (Å²) in [7, 11) is 0. The number of nitrogens with one attached hydrogen (secondary N) is 1. The lowest BCUT2D eigenvalue weighted by atomic mass is 10.1. The van der Waals surface area contributed by atoms with Crippen LogP contribution in [0.3, 0.4) is 0 Å². The average Bonchev–Trinajstić information content (AvgIpc) is 3.49. The van der Waals surface area contributed by atoms with E-state index in [1.165, 1.54) is 24.2 Å². The molecule has 1 unspecified atom stereocenters. The van der Waals surface area contributed by atoms with E-state index in [2.05, 4.69) is 24.4 Å². The summed E-state index contributed by atoms with van der Waals surface area (Å²) in [5.74, 6) is 0.592. The molecule has 30 heavy (non-hydrogen) atoms. The van der Waals surface area contributed by atoms with Gasteiger partial charge in [-0.05, 0) is 60.4 Å². The molecule has 0 saturated heterocycles. The van der Waals surface area contributed by atoms with Crippen LogP contribution in [0.4, 0.5) is 0 Å². The van der Waals surface area contributed by atoms with Gasteiger partial charge in [-0.3, -0.25) is 9.59 Å². The van der Waals surface area contributed by atoms with Gasteiger partial charge in [-0.25, -0.2) is 0 Å². The summed E-state index contributed by atoms with van der Waals surface area (Å²) in [6.45, 7) is 3.22. The molecule has 1 atom stereocenters. The first-order valence-electron chi connectivity index (χ1n) is 10.4. The predicted molar refractivity (Wildman–Crippen MR) is 120 cm³/mol. The lowest BCUT2D eigenvalue weighted by Crippen LogP contribution is -2.39. The molecule has 1 aromatic heterocycles. The van der Waals surface area contributed by atoms with Crippen molar-refractivity contribution in [3.8, 4) is 0 Å². The van der Waals surface area contributed by atoms with Gasteiger partial charge < -0.3 is 10.2 Å². The van der Waals surface area contributed by atoms with Gasteiger partial charge in [0.05, 0.1) is 4.88 Å². The van der Waals surface area contributed by atoms with Crippen molar-refractivity contribution in [2.75, 3.05) is 0 Å². The first-order chi connectivity index (χ1) is 14.6. The highest BCUT2D eigenvalue weighted by atomic mass is 32.1. The third-order valence-electron chi connectivity index (χ3n) is 5.65. The van der Waals surface area contributed by atoms with Gasteiger partial charge in [0.1, 0.15) is 0 Å². The number of thiophene rings is 1. The Labute approximate surface area is 181 Å². The van der Waals surface area contributed by atoms with Gasteiger partial charge in [0.15, 0.2) is 0 Å². The van der Waals surface area contributed by atoms with Crippen LogP contribution in [0.2, 0.25) is 0 Å². The maximum absolute atomic E-state index is 13.3. The van der Waals surface area contributed by atoms with Crippen LogP contribution in [0.25, 0.3) is 0 Å². The first-order valence-corrected chi connectivity index (χ1v) is 11.3. The van der Waals surface area contributed by atoms with Gasteiger partial charge in [-0.15, -0.1) is 11.3 Å². The molecular formula is C25H26N2O2S. The Hall–Kier alpha value is -2.92. The van der Waals surface area contributed by atoms with Crippen molar-refractivity contribution in [2.45, 2.75) is 38.9 Å². The zero-order chi connectivity index (χ0) is 20.9. The van der Waals surface area contributed by atoms with Crippen LogP contribution in [0, 0.1) is 5.92 Å². The fourth-order valence-electron chi connectivity index (χ4n) is 3.62. The summed E-state index contributed by atoms with van der Waals surface area (Å²) in [5.41, 5.74) is 2.80. The van der Waals surface area contributed by atoms with Crippen LogP contribution < -0.4 is 5.32 Å². The average molecular weight is 419 g/mol. The van der Waals surface area contributed by atoms with Crippen molar-refractivity contribution >= 4 is 23.2 Å². The lowest BCUT2D eigenvalue weighted by molar-refractivity contribution is 0.0654. The molecule has 2 amide bonds. The number of hydrogen-bond acceptors (Lipinski definition) is 3. The number of hydrogen-bond donors (Lipinski definition) is 1. The van der Waals surface area contributed by atoms with Crippen molar-refractivity contribution in [2.24, 2.45) is 5.92 Å². The molecule has 1 fully saturated rings. The first kappa shape index (κ1) is 20.4. The molecule has 1 saturated carbocycles. The minimum atomic E-state index is -0.0718. The topological polar surface area (TPSA) is 49.4 Å². The minimum absolute atomic E-state index is 0.0624. The highest BCUT2D eigenvalue weighted by Gasteiger charge is 2.34. The molecule has 5 heteroatoms. The molecule has 1 N–H and O–H groups in total. The predicted octanol–water partition coefficient (Wildman–Crippen LogP) is 5.12. The smallest absolute Gasteiger partial charge is 0.261 e. The van der Waals surface area contributed by atoms with Crippen LogP contribution >= 0.6 is 11.3 Å². The Kier molecular flexibility index (Phi) is 6.29. The molecule has 0 radical (unpaired) electrons. The monoisotopic (exact) mass is 418 g/mol. The normalized spacial score (nSPS) is 14.2. The fraction of sp³-hybridized carbons (Fsp3) is 0.280. The van der Waals surface area contributed by atoms with E-state index in [0.717, 1.165) is 11.1 Å². The molecule has 0 aliphatic heterocycles. The van der Waals surface area contributed by atoms with E-state index in [0.29, 0.717) is 29.4 Å². The Morgan fingerprint density at radius 2 is 1.73 bits per heavy atom. The molecule has 0 spiro atoms. The van der Waals surface area contributed by atoms with Gasteiger partial charge >= 0.3 is 0 Å². The van der Waals surface area contributed by atoms with Crippen LogP contribution in [0.1, 0.15) is 50.9 Å². The SMILES string of the molecule is CC(C1CC1)N(Cc1ccccc1)C(=O)c1ccc(CNC(=O)c2cccs2)cc1. The standard InChI is InChI=1S/C25H26N2O2S/c1-18(21-13-14-21)27(17-20-6-3-2-4-7-20)25(29)22-11-9-19(10-12-22)16-26-24(28)23-8-5-15-30-23/h2-12,15,18,21H,13-14,16-17H2,1H3,(H,26,28). The molecule has 2 aromatic carbocycles. The van der Waals surface area contributed by atoms with Gasteiger partial charge in [-0.1, -0.05) is 48.5 Å². The number of carbonyl (C=O) groups is 2. The molecule has 154 valence electrons. The summed E-state index contributed by atoms with van der Waals surface area (Å²) < 4.78 is 0. The lowest BCUT2D eigenvalue weighted by Gasteiger charge is -2.30. The van der Waals surface area contributed by atoms with Gasteiger partial charge in [0.25, 0.3) is 11.8 Å². The van der Waals surface area contributed by atoms with Crippen molar-refractivity contribution < 1.29 is 9.59 Å². The summed E-state index contributed by atoms with van der Waals surface area (Å²) in [5, 5.41) is 4.81. The second kappa shape index (κ2) is 9.26. The van der Waals surface area contributed by atoms with Crippen LogP contribution in [-0.2, 0) is 13.1 Å². The molecule has 1 aliphatic rings. The zero-order valence-electron chi connectivity index (χ0n) is 17.1. The van der Waals surface area contributed by atoms with Crippen molar-refractivity contribution in [1.29, 1.82) is 0 Å². The van der Waals surface area contributed by atoms with Crippen LogP contribution in [0.15, 0.2) is 72.1 Å². The van der Waals surface area contributed by atoms with E-state index in [1.54, 1.807) is 0 Å². The highest BCUT2D eigenvalue weighted by molar-refractivity contribution is 7.12. The third kappa shape index (κ3) is 4.97. The Balaban J connectivity index is 1.43. The van der Waals surface area contributed by atoms with Crippen LogP contribution in [-0.4, -0.2) is 22.8 Å². The Morgan fingerprint density at radius 3 is 2.37 bits per heavy atom. The maximum Gasteiger partial charge on any atom is 0.261 e. The van der Waals surface area contributed by atoms with E-state index in [4.69, 9.17) is 0 Å². The maximum atomic E-state index is 13.3. The van der Waals surface area contributed by atoms with E-state index < -0.39 is 0 Å². The molecule has 4 nitrogen and oxygen atoms in total. The number of amides is 2. The molecular weight excluding hydrogens is 392 g/mol. The summed E-state index contributed by atoms with van der Waals surface area (Å²) >= 11 is 1.42. The Bertz CT molecular complexity index is 980. The molecule has 4 rings (SSSR count). The van der Waals surface area contributed by atoms with Gasteiger partial charge in [-0.2, -0.15) is 0 Å². The molecule has 1 aliphatic carbocycles.